The summed E-state index contributed by atoms with van der Waals surface area (Å²) in [6, 6.07) is 8.02. The number of alkyl halides is 6. The Kier molecular flexibility index (Phi) is 6.94. The van der Waals surface area contributed by atoms with Gasteiger partial charge < -0.3 is 4.90 Å². The molecule has 1 amide bonds. The van der Waals surface area contributed by atoms with E-state index in [1.165, 1.54) is 21.8 Å². The largest absolute Gasteiger partial charge is 0.435 e. The van der Waals surface area contributed by atoms with E-state index in [-0.39, 0.29) is 30.8 Å². The summed E-state index contributed by atoms with van der Waals surface area (Å²) >= 11 is 1.11. The lowest BCUT2D eigenvalue weighted by molar-refractivity contribution is -0.141. The normalized spacial score (nSPS) is 16.5. The number of rotatable bonds is 4. The molecule has 3 heterocycles. The number of aromatic nitrogens is 2. The van der Waals surface area contributed by atoms with Crippen LogP contribution in [0.15, 0.2) is 48.2 Å². The maximum Gasteiger partial charge on any atom is 0.435 e. The van der Waals surface area contributed by atoms with Gasteiger partial charge in [0.1, 0.15) is 0 Å². The summed E-state index contributed by atoms with van der Waals surface area (Å²) in [6.07, 6.45) is -7.56. The van der Waals surface area contributed by atoms with Crippen LogP contribution in [0.25, 0.3) is 16.0 Å². The Morgan fingerprint density at radius 1 is 1.19 bits per heavy atom. The summed E-state index contributed by atoms with van der Waals surface area (Å²) in [5.41, 5.74) is -0.883. The Morgan fingerprint density at radius 3 is 2.51 bits per heavy atom. The zero-order valence-corrected chi connectivity index (χ0v) is 20.4. The van der Waals surface area contributed by atoms with Gasteiger partial charge in [0.15, 0.2) is 5.69 Å². The second-order valence-electron chi connectivity index (χ2n) is 8.50. The highest BCUT2D eigenvalue weighted by Crippen LogP contribution is 2.45. The highest BCUT2D eigenvalue weighted by Gasteiger charge is 2.39. The van der Waals surface area contributed by atoms with Crippen molar-refractivity contribution in [3.63, 3.8) is 0 Å². The number of hydrogen-bond acceptors (Lipinski definition) is 3. The van der Waals surface area contributed by atoms with Crippen LogP contribution in [0.1, 0.15) is 41.5 Å². The van der Waals surface area contributed by atoms with Gasteiger partial charge in [0, 0.05) is 47.3 Å². The lowest BCUT2D eigenvalue weighted by Gasteiger charge is -2.34. The number of hydrogen-bond donors (Lipinski definition) is 0. The molecule has 0 saturated carbocycles. The zero-order chi connectivity index (χ0) is 27.1. The first-order valence-electron chi connectivity index (χ1n) is 11.1. The van der Waals surface area contributed by atoms with E-state index in [0.29, 0.717) is 27.1 Å². The number of fused-ring (bicyclic) bond motifs is 1. The number of carbonyl (C=O) groups excluding carboxylic acids is 1. The third-order valence-corrected chi connectivity index (χ3v) is 7.16. The predicted octanol–water partition coefficient (Wildman–Crippen LogP) is 7.18. The fourth-order valence-electron chi connectivity index (χ4n) is 4.29. The zero-order valence-electron chi connectivity index (χ0n) is 19.6. The molecule has 1 aliphatic rings. The Bertz CT molecular complexity index is 1410. The Morgan fingerprint density at radius 2 is 1.89 bits per heavy atom. The monoisotopic (exact) mass is 538 g/mol. The lowest BCUT2D eigenvalue weighted by Crippen LogP contribution is -2.37. The van der Waals surface area contributed by atoms with Crippen molar-refractivity contribution in [2.45, 2.75) is 45.2 Å². The van der Waals surface area contributed by atoms with Crippen LogP contribution in [0.5, 0.6) is 0 Å². The quantitative estimate of drug-likeness (QED) is 0.201. The number of halogens is 6. The van der Waals surface area contributed by atoms with Gasteiger partial charge in [0.05, 0.1) is 13.1 Å². The van der Waals surface area contributed by atoms with E-state index < -0.39 is 35.4 Å². The van der Waals surface area contributed by atoms with Gasteiger partial charge >= 0.3 is 12.4 Å². The molecule has 1 aliphatic heterocycles. The van der Waals surface area contributed by atoms with Gasteiger partial charge in [-0.2, -0.15) is 42.8 Å². The fourth-order valence-corrected chi connectivity index (χ4v) is 5.31. The molecule has 0 bridgehead atoms. The first-order valence-corrected chi connectivity index (χ1v) is 11.9. The molecule has 1 atom stereocenters. The molecule has 37 heavy (non-hydrogen) atoms. The standard InChI is InChI=1S/C25H20F6N4OS/c1-4-35-12-19(23(33-35)25(29,30)31)16-8-6-5-7-15(16)18-11-34(22(36)9-14(2)24(26,27)28)13-20-17(18)10-21(32-3)37-20/h5-10,12,18H,4,11,13H2,1-2H3/b14-9-/t18-/m0/s1. The van der Waals surface area contributed by atoms with Crippen molar-refractivity contribution in [3.05, 3.63) is 81.3 Å². The smallest absolute Gasteiger partial charge is 0.333 e. The molecule has 194 valence electrons. The molecule has 0 fully saturated rings. The minimum Gasteiger partial charge on any atom is -0.333 e. The van der Waals surface area contributed by atoms with Gasteiger partial charge in [-0.1, -0.05) is 24.3 Å². The molecule has 0 N–H and O–H groups in total. The Hall–Kier alpha value is -3.59. The maximum atomic E-state index is 13.9. The highest BCUT2D eigenvalue weighted by atomic mass is 32.1. The van der Waals surface area contributed by atoms with Crippen molar-refractivity contribution < 1.29 is 31.1 Å². The van der Waals surface area contributed by atoms with Gasteiger partial charge in [-0.05, 0) is 36.6 Å². The molecule has 5 nitrogen and oxygen atoms in total. The van der Waals surface area contributed by atoms with Crippen LogP contribution in [0.4, 0.5) is 31.3 Å². The fraction of sp³-hybridized carbons (Fsp3) is 0.320. The molecule has 0 spiro atoms. The molecule has 4 rings (SSSR count). The summed E-state index contributed by atoms with van der Waals surface area (Å²) in [7, 11) is 0. The van der Waals surface area contributed by atoms with E-state index in [0.717, 1.165) is 18.3 Å². The van der Waals surface area contributed by atoms with E-state index in [4.69, 9.17) is 6.57 Å². The third kappa shape index (κ3) is 5.27. The van der Waals surface area contributed by atoms with Crippen molar-refractivity contribution >= 4 is 22.2 Å². The van der Waals surface area contributed by atoms with Crippen molar-refractivity contribution in [2.24, 2.45) is 0 Å². The van der Waals surface area contributed by atoms with Gasteiger partial charge in [-0.15, -0.1) is 0 Å². The van der Waals surface area contributed by atoms with Crippen LogP contribution in [-0.4, -0.2) is 33.3 Å². The first kappa shape index (κ1) is 26.5. The van der Waals surface area contributed by atoms with Crippen molar-refractivity contribution in [3.8, 4) is 11.1 Å². The summed E-state index contributed by atoms with van der Waals surface area (Å²) in [6.45, 7) is 9.97. The molecule has 0 radical (unpaired) electrons. The summed E-state index contributed by atoms with van der Waals surface area (Å²) in [5.74, 6) is -1.53. The van der Waals surface area contributed by atoms with Crippen LogP contribution in [-0.2, 0) is 24.1 Å². The van der Waals surface area contributed by atoms with E-state index in [9.17, 15) is 31.1 Å². The van der Waals surface area contributed by atoms with Crippen molar-refractivity contribution in [2.75, 3.05) is 6.54 Å². The van der Waals surface area contributed by atoms with E-state index in [2.05, 4.69) is 9.94 Å². The molecule has 0 saturated heterocycles. The number of nitrogens with zero attached hydrogens (tertiary/aromatic N) is 4. The minimum atomic E-state index is -4.72. The summed E-state index contributed by atoms with van der Waals surface area (Å²) in [5, 5.41) is 4.02. The van der Waals surface area contributed by atoms with Gasteiger partial charge in [0.25, 0.3) is 0 Å². The number of aryl methyl sites for hydroxylation is 1. The molecule has 2 aromatic heterocycles. The van der Waals surface area contributed by atoms with Crippen molar-refractivity contribution in [1.29, 1.82) is 0 Å². The molecule has 0 aliphatic carbocycles. The minimum absolute atomic E-state index is 0.00374. The Balaban J connectivity index is 1.85. The highest BCUT2D eigenvalue weighted by molar-refractivity contribution is 7.16. The Labute approximate surface area is 212 Å². The van der Waals surface area contributed by atoms with Crippen LogP contribution >= 0.6 is 11.3 Å². The molecular formula is C25H20F6N4OS. The van der Waals surface area contributed by atoms with Gasteiger partial charge in [0.2, 0.25) is 10.9 Å². The SMILES string of the molecule is [C-]#[N+]c1cc2c(s1)CN(C(=O)/C=C(/C)C(F)(F)F)C[C@H]2c1ccccc1-c1cn(CC)nc1C(F)(F)F. The number of thiophene rings is 1. The van der Waals surface area contributed by atoms with Crippen LogP contribution in [0, 0.1) is 6.57 Å². The maximum absolute atomic E-state index is 13.9. The number of amides is 1. The molecule has 3 aromatic rings. The second-order valence-corrected chi connectivity index (χ2v) is 9.62. The molecular weight excluding hydrogens is 518 g/mol. The average molecular weight is 539 g/mol. The second kappa shape index (κ2) is 9.70. The summed E-state index contributed by atoms with van der Waals surface area (Å²) in [4.78, 5) is 18.1. The topological polar surface area (TPSA) is 42.5 Å². The number of carbonyl (C=O) groups is 1. The lowest BCUT2D eigenvalue weighted by atomic mass is 9.83. The number of benzene rings is 1. The van der Waals surface area contributed by atoms with E-state index in [1.54, 1.807) is 31.2 Å². The van der Waals surface area contributed by atoms with Gasteiger partial charge in [-0.25, -0.2) is 4.85 Å². The van der Waals surface area contributed by atoms with E-state index >= 15 is 0 Å². The van der Waals surface area contributed by atoms with Gasteiger partial charge in [-0.3, -0.25) is 9.48 Å². The first-order chi connectivity index (χ1) is 17.3. The predicted molar refractivity (Wildman–Crippen MR) is 126 cm³/mol. The molecule has 1 aromatic carbocycles. The van der Waals surface area contributed by atoms with Crippen LogP contribution in [0.2, 0.25) is 0 Å². The van der Waals surface area contributed by atoms with E-state index in [1.807, 2.05) is 0 Å². The van der Waals surface area contributed by atoms with Crippen LogP contribution in [0.3, 0.4) is 0 Å². The average Bonchev–Trinajstić information content (AvgIpc) is 3.47. The van der Waals surface area contributed by atoms with Crippen LogP contribution < -0.4 is 0 Å². The molecule has 0 unspecified atom stereocenters. The molecule has 12 heteroatoms. The third-order valence-electron chi connectivity index (χ3n) is 6.13. The number of allylic oxidation sites excluding steroid dienone is 1. The van der Waals surface area contributed by atoms with Crippen molar-refractivity contribution in [1.82, 2.24) is 14.7 Å². The summed E-state index contributed by atoms with van der Waals surface area (Å²) < 4.78 is 81.9.